The lowest BCUT2D eigenvalue weighted by molar-refractivity contribution is 0.601. The third-order valence-corrected chi connectivity index (χ3v) is 3.48. The molecule has 0 saturated carbocycles. The first-order valence-corrected chi connectivity index (χ1v) is 6.30. The van der Waals surface area contributed by atoms with Crippen molar-refractivity contribution in [3.63, 3.8) is 0 Å². The summed E-state index contributed by atoms with van der Waals surface area (Å²) < 4.78 is 25.9. The van der Waals surface area contributed by atoms with Gasteiger partial charge in [-0.1, -0.05) is 6.92 Å². The van der Waals surface area contributed by atoms with Crippen molar-refractivity contribution < 1.29 is 8.42 Å². The van der Waals surface area contributed by atoms with Crippen LogP contribution in [-0.2, 0) is 16.4 Å². The Balaban J connectivity index is 2.21. The molecule has 0 saturated heterocycles. The van der Waals surface area contributed by atoms with Crippen molar-refractivity contribution in [2.24, 2.45) is 0 Å². The second-order valence-corrected chi connectivity index (χ2v) is 4.97. The van der Waals surface area contributed by atoms with Gasteiger partial charge in [0.2, 0.25) is 0 Å². The van der Waals surface area contributed by atoms with Crippen molar-refractivity contribution in [1.82, 2.24) is 15.2 Å². The standard InChI is InChI=1S/C9H12N4O2S/c1-2-7-5-9(12-11-7)13-16(14,15)8-3-4-10-6-8/h3-6,10H,2H2,1H3,(H2,11,12,13). The molecule has 0 spiro atoms. The van der Waals surface area contributed by atoms with Crippen molar-refractivity contribution in [2.45, 2.75) is 18.2 Å². The number of nitrogens with one attached hydrogen (secondary N) is 3. The van der Waals surface area contributed by atoms with E-state index in [9.17, 15) is 8.42 Å². The minimum Gasteiger partial charge on any atom is -0.366 e. The van der Waals surface area contributed by atoms with Gasteiger partial charge < -0.3 is 4.98 Å². The lowest BCUT2D eigenvalue weighted by Gasteiger charge is -2.01. The Hall–Kier alpha value is -1.76. The molecule has 0 aliphatic carbocycles. The number of aromatic nitrogens is 3. The number of anilines is 1. The Bertz CT molecular complexity index is 556. The number of H-pyrrole nitrogens is 2. The average Bonchev–Trinajstić information content (AvgIpc) is 2.86. The summed E-state index contributed by atoms with van der Waals surface area (Å²) >= 11 is 0. The number of hydrogen-bond donors (Lipinski definition) is 3. The zero-order valence-electron chi connectivity index (χ0n) is 8.69. The lowest BCUT2D eigenvalue weighted by Crippen LogP contribution is -2.12. The minimum absolute atomic E-state index is 0.188. The predicted octanol–water partition coefficient (Wildman–Crippen LogP) is 1.10. The zero-order chi connectivity index (χ0) is 11.6. The summed E-state index contributed by atoms with van der Waals surface area (Å²) in [6.45, 7) is 1.96. The molecule has 0 unspecified atom stereocenters. The predicted molar refractivity (Wildman–Crippen MR) is 59.6 cm³/mol. The highest BCUT2D eigenvalue weighted by molar-refractivity contribution is 7.92. The van der Waals surface area contributed by atoms with Gasteiger partial charge in [0, 0.05) is 24.2 Å². The Morgan fingerprint density at radius 1 is 1.50 bits per heavy atom. The van der Waals surface area contributed by atoms with Gasteiger partial charge in [-0.2, -0.15) is 5.10 Å². The molecule has 2 aromatic rings. The Labute approximate surface area is 93.1 Å². The van der Waals surface area contributed by atoms with E-state index in [0.29, 0.717) is 5.82 Å². The van der Waals surface area contributed by atoms with Gasteiger partial charge in [0.1, 0.15) is 4.90 Å². The summed E-state index contributed by atoms with van der Waals surface area (Å²) in [5.74, 6) is 0.304. The highest BCUT2D eigenvalue weighted by Gasteiger charge is 2.15. The van der Waals surface area contributed by atoms with Crippen molar-refractivity contribution >= 4 is 15.8 Å². The normalized spacial score (nSPS) is 11.6. The average molecular weight is 240 g/mol. The van der Waals surface area contributed by atoms with E-state index in [1.54, 1.807) is 12.3 Å². The van der Waals surface area contributed by atoms with E-state index in [1.165, 1.54) is 12.3 Å². The van der Waals surface area contributed by atoms with E-state index >= 15 is 0 Å². The molecular weight excluding hydrogens is 228 g/mol. The number of sulfonamides is 1. The van der Waals surface area contributed by atoms with Crippen molar-refractivity contribution in [2.75, 3.05) is 4.72 Å². The fraction of sp³-hybridized carbons (Fsp3) is 0.222. The largest absolute Gasteiger partial charge is 0.366 e. The molecule has 0 aliphatic heterocycles. The molecule has 2 aromatic heterocycles. The molecule has 16 heavy (non-hydrogen) atoms. The van der Waals surface area contributed by atoms with Gasteiger partial charge in [0.25, 0.3) is 10.0 Å². The monoisotopic (exact) mass is 240 g/mol. The lowest BCUT2D eigenvalue weighted by atomic mass is 10.3. The van der Waals surface area contributed by atoms with Gasteiger partial charge in [0.05, 0.1) is 0 Å². The van der Waals surface area contributed by atoms with Crippen LogP contribution in [0.1, 0.15) is 12.6 Å². The maximum absolute atomic E-state index is 11.8. The fourth-order valence-electron chi connectivity index (χ4n) is 1.27. The van der Waals surface area contributed by atoms with Crippen LogP contribution in [0, 0.1) is 0 Å². The third kappa shape index (κ3) is 2.08. The van der Waals surface area contributed by atoms with Crippen molar-refractivity contribution in [3.05, 3.63) is 30.2 Å². The van der Waals surface area contributed by atoms with Crippen LogP contribution < -0.4 is 4.72 Å². The first-order valence-electron chi connectivity index (χ1n) is 4.81. The first-order chi connectivity index (χ1) is 7.62. The smallest absolute Gasteiger partial charge is 0.264 e. The molecule has 0 aromatic carbocycles. The van der Waals surface area contributed by atoms with E-state index in [0.717, 1.165) is 12.1 Å². The molecule has 0 atom stereocenters. The topological polar surface area (TPSA) is 90.6 Å². The molecule has 2 heterocycles. The van der Waals surface area contributed by atoms with Gasteiger partial charge in [-0.3, -0.25) is 9.82 Å². The maximum atomic E-state index is 11.8. The minimum atomic E-state index is -3.53. The Morgan fingerprint density at radius 3 is 2.88 bits per heavy atom. The van der Waals surface area contributed by atoms with Gasteiger partial charge in [-0.05, 0) is 12.5 Å². The van der Waals surface area contributed by atoms with Crippen LogP contribution in [0.2, 0.25) is 0 Å². The molecule has 3 N–H and O–H groups in total. The van der Waals surface area contributed by atoms with Crippen LogP contribution in [0.15, 0.2) is 29.4 Å². The van der Waals surface area contributed by atoms with Gasteiger partial charge in [0.15, 0.2) is 5.82 Å². The second kappa shape index (κ2) is 4.01. The van der Waals surface area contributed by atoms with Crippen LogP contribution in [0.3, 0.4) is 0 Å². The van der Waals surface area contributed by atoms with Crippen LogP contribution in [0.25, 0.3) is 0 Å². The summed E-state index contributed by atoms with van der Waals surface area (Å²) in [5, 5.41) is 6.60. The van der Waals surface area contributed by atoms with E-state index in [1.807, 2.05) is 6.92 Å². The van der Waals surface area contributed by atoms with Crippen LogP contribution in [0.5, 0.6) is 0 Å². The summed E-state index contributed by atoms with van der Waals surface area (Å²) in [7, 11) is -3.53. The maximum Gasteiger partial charge on any atom is 0.264 e. The Morgan fingerprint density at radius 2 is 2.31 bits per heavy atom. The van der Waals surface area contributed by atoms with Crippen LogP contribution >= 0.6 is 0 Å². The second-order valence-electron chi connectivity index (χ2n) is 3.28. The fourth-order valence-corrected chi connectivity index (χ4v) is 2.24. The van der Waals surface area contributed by atoms with Gasteiger partial charge in [-0.25, -0.2) is 8.42 Å². The highest BCUT2D eigenvalue weighted by Crippen LogP contribution is 2.13. The molecule has 2 rings (SSSR count). The quantitative estimate of drug-likeness (QED) is 0.747. The molecule has 7 heteroatoms. The third-order valence-electron chi connectivity index (χ3n) is 2.13. The highest BCUT2D eigenvalue weighted by atomic mass is 32.2. The number of aromatic amines is 2. The number of rotatable bonds is 4. The molecule has 6 nitrogen and oxygen atoms in total. The van der Waals surface area contributed by atoms with E-state index < -0.39 is 10.0 Å². The summed E-state index contributed by atoms with van der Waals surface area (Å²) in [6.07, 6.45) is 3.74. The number of aryl methyl sites for hydroxylation is 1. The molecule has 0 radical (unpaired) electrons. The van der Waals surface area contributed by atoms with Crippen LogP contribution in [0.4, 0.5) is 5.82 Å². The summed E-state index contributed by atoms with van der Waals surface area (Å²) in [5.41, 5.74) is 0.881. The van der Waals surface area contributed by atoms with Gasteiger partial charge in [-0.15, -0.1) is 0 Å². The molecule has 0 amide bonds. The first kappa shape index (κ1) is 10.7. The zero-order valence-corrected chi connectivity index (χ0v) is 9.50. The molecule has 0 fully saturated rings. The molecule has 0 aliphatic rings. The Kier molecular flexibility index (Phi) is 2.69. The SMILES string of the molecule is CCc1cc(NS(=O)(=O)c2cc[nH]c2)n[nH]1. The van der Waals surface area contributed by atoms with Crippen molar-refractivity contribution in [1.29, 1.82) is 0 Å². The van der Waals surface area contributed by atoms with Gasteiger partial charge >= 0.3 is 0 Å². The number of hydrogen-bond acceptors (Lipinski definition) is 3. The summed E-state index contributed by atoms with van der Waals surface area (Å²) in [6, 6.07) is 3.15. The van der Waals surface area contributed by atoms with E-state index in [2.05, 4.69) is 19.9 Å². The van der Waals surface area contributed by atoms with Crippen LogP contribution in [-0.4, -0.2) is 23.6 Å². The van der Waals surface area contributed by atoms with E-state index in [4.69, 9.17) is 0 Å². The molecule has 86 valence electrons. The summed E-state index contributed by atoms with van der Waals surface area (Å²) in [4.78, 5) is 2.88. The number of nitrogens with zero attached hydrogens (tertiary/aromatic N) is 1. The molecular formula is C9H12N4O2S. The van der Waals surface area contributed by atoms with E-state index in [-0.39, 0.29) is 4.90 Å². The van der Waals surface area contributed by atoms with Crippen molar-refractivity contribution in [3.8, 4) is 0 Å². The molecule has 0 bridgehead atoms.